The Labute approximate surface area is 120 Å². The van der Waals surface area contributed by atoms with Crippen LogP contribution in [0.4, 0.5) is 5.69 Å². The predicted molar refractivity (Wildman–Crippen MR) is 80.8 cm³/mol. The van der Waals surface area contributed by atoms with Gasteiger partial charge in [-0.3, -0.25) is 9.69 Å². The van der Waals surface area contributed by atoms with Crippen molar-refractivity contribution < 1.29 is 9.90 Å². The van der Waals surface area contributed by atoms with Crippen LogP contribution in [-0.4, -0.2) is 41.7 Å². The lowest BCUT2D eigenvalue weighted by molar-refractivity contribution is -0.120. The van der Waals surface area contributed by atoms with Gasteiger partial charge in [-0.05, 0) is 50.8 Å². The van der Waals surface area contributed by atoms with Crippen LogP contribution in [0.3, 0.4) is 0 Å². The molecule has 0 radical (unpaired) electrons. The molecule has 1 aliphatic heterocycles. The van der Waals surface area contributed by atoms with Gasteiger partial charge < -0.3 is 10.4 Å². The number of aliphatic hydroxyl groups is 1. The minimum atomic E-state index is -0.0550. The average molecular weight is 276 g/mol. The second-order valence-electron chi connectivity index (χ2n) is 5.53. The van der Waals surface area contributed by atoms with Crippen LogP contribution >= 0.6 is 0 Å². The van der Waals surface area contributed by atoms with Crippen LogP contribution < -0.4 is 5.32 Å². The summed E-state index contributed by atoms with van der Waals surface area (Å²) >= 11 is 0. The molecule has 0 saturated carbocycles. The quantitative estimate of drug-likeness (QED) is 0.866. The van der Waals surface area contributed by atoms with Crippen LogP contribution in [0, 0.1) is 13.8 Å². The summed E-state index contributed by atoms with van der Waals surface area (Å²) in [5.74, 6) is 0.0813. The Kier molecular flexibility index (Phi) is 5.15. The van der Waals surface area contributed by atoms with Crippen molar-refractivity contribution in [1.82, 2.24) is 4.90 Å². The number of hydrogen-bond donors (Lipinski definition) is 2. The molecule has 1 amide bonds. The predicted octanol–water partition coefficient (Wildman–Crippen LogP) is 2.09. The van der Waals surface area contributed by atoms with E-state index in [1.54, 1.807) is 0 Å². The van der Waals surface area contributed by atoms with Gasteiger partial charge in [0.05, 0.1) is 6.04 Å². The number of hydrogen-bond acceptors (Lipinski definition) is 3. The van der Waals surface area contributed by atoms with Crippen molar-refractivity contribution in [2.45, 2.75) is 39.2 Å². The Hall–Kier alpha value is -1.39. The van der Waals surface area contributed by atoms with Gasteiger partial charge in [-0.15, -0.1) is 0 Å². The lowest BCUT2D eigenvalue weighted by atomic mass is 10.1. The van der Waals surface area contributed by atoms with Crippen molar-refractivity contribution in [1.29, 1.82) is 0 Å². The van der Waals surface area contributed by atoms with E-state index in [2.05, 4.69) is 10.2 Å². The third-order valence-electron chi connectivity index (χ3n) is 4.00. The molecule has 2 N–H and O–H groups in total. The first-order valence-corrected chi connectivity index (χ1v) is 7.35. The Morgan fingerprint density at radius 1 is 1.40 bits per heavy atom. The lowest BCUT2D eigenvalue weighted by Gasteiger charge is -2.24. The molecule has 20 heavy (non-hydrogen) atoms. The summed E-state index contributed by atoms with van der Waals surface area (Å²) in [6.45, 7) is 5.95. The average Bonchev–Trinajstić information content (AvgIpc) is 2.89. The van der Waals surface area contributed by atoms with E-state index in [-0.39, 0.29) is 18.6 Å². The van der Waals surface area contributed by atoms with Crippen molar-refractivity contribution in [3.05, 3.63) is 29.3 Å². The zero-order chi connectivity index (χ0) is 14.5. The first-order valence-electron chi connectivity index (χ1n) is 7.35. The number of amides is 1. The molecule has 1 aromatic rings. The number of nitrogens with zero attached hydrogens (tertiary/aromatic N) is 1. The smallest absolute Gasteiger partial charge is 0.241 e. The molecule has 1 atom stereocenters. The minimum Gasteiger partial charge on any atom is -0.396 e. The van der Waals surface area contributed by atoms with Crippen LogP contribution in [0.5, 0.6) is 0 Å². The number of benzene rings is 1. The van der Waals surface area contributed by atoms with Gasteiger partial charge in [-0.2, -0.15) is 0 Å². The van der Waals surface area contributed by atoms with Crippen LogP contribution in [-0.2, 0) is 4.79 Å². The molecule has 110 valence electrons. The third-order valence-corrected chi connectivity index (χ3v) is 4.00. The first kappa shape index (κ1) is 15.0. The highest BCUT2D eigenvalue weighted by Crippen LogP contribution is 2.23. The highest BCUT2D eigenvalue weighted by Gasteiger charge is 2.30. The number of aryl methyl sites for hydroxylation is 2. The summed E-state index contributed by atoms with van der Waals surface area (Å²) < 4.78 is 0. The number of carbonyl (C=O) groups is 1. The van der Waals surface area contributed by atoms with E-state index in [9.17, 15) is 4.79 Å². The van der Waals surface area contributed by atoms with Gasteiger partial charge in [0, 0.05) is 18.8 Å². The van der Waals surface area contributed by atoms with Crippen molar-refractivity contribution in [2.75, 3.05) is 25.0 Å². The minimum absolute atomic E-state index is 0.0550. The SMILES string of the molecule is Cc1cccc(C)c1NC(=O)[C@@H]1CCCN1CCCO. The lowest BCUT2D eigenvalue weighted by Crippen LogP contribution is -2.40. The molecular formula is C16H24N2O2. The summed E-state index contributed by atoms with van der Waals surface area (Å²) in [4.78, 5) is 14.7. The van der Waals surface area contributed by atoms with Crippen LogP contribution in [0.2, 0.25) is 0 Å². The van der Waals surface area contributed by atoms with Gasteiger partial charge in [0.25, 0.3) is 0 Å². The number of anilines is 1. The van der Waals surface area contributed by atoms with Crippen LogP contribution in [0.25, 0.3) is 0 Å². The Morgan fingerprint density at radius 2 is 2.10 bits per heavy atom. The van der Waals surface area contributed by atoms with Crippen molar-refractivity contribution in [2.24, 2.45) is 0 Å². The standard InChI is InChI=1S/C16H24N2O2/c1-12-6-3-7-13(2)15(12)17-16(20)14-8-4-9-18(14)10-5-11-19/h3,6-7,14,19H,4-5,8-11H2,1-2H3,(H,17,20)/t14-/m0/s1. The number of aliphatic hydroxyl groups excluding tert-OH is 1. The molecule has 0 bridgehead atoms. The maximum Gasteiger partial charge on any atom is 0.241 e. The second-order valence-corrected chi connectivity index (χ2v) is 5.53. The van der Waals surface area contributed by atoms with Crippen molar-refractivity contribution >= 4 is 11.6 Å². The third kappa shape index (κ3) is 3.38. The molecule has 1 saturated heterocycles. The molecule has 1 fully saturated rings. The maximum atomic E-state index is 12.5. The van der Waals surface area contributed by atoms with Gasteiger partial charge in [-0.25, -0.2) is 0 Å². The molecule has 0 unspecified atom stereocenters. The molecule has 0 aromatic heterocycles. The van der Waals surface area contributed by atoms with E-state index in [1.165, 1.54) is 0 Å². The molecule has 4 nitrogen and oxygen atoms in total. The fraction of sp³-hybridized carbons (Fsp3) is 0.562. The molecule has 2 rings (SSSR count). The highest BCUT2D eigenvalue weighted by molar-refractivity contribution is 5.96. The number of nitrogens with one attached hydrogen (secondary N) is 1. The zero-order valence-corrected chi connectivity index (χ0v) is 12.4. The van der Waals surface area contributed by atoms with Gasteiger partial charge >= 0.3 is 0 Å². The van der Waals surface area contributed by atoms with Crippen LogP contribution in [0.1, 0.15) is 30.4 Å². The highest BCUT2D eigenvalue weighted by atomic mass is 16.3. The zero-order valence-electron chi connectivity index (χ0n) is 12.4. The monoisotopic (exact) mass is 276 g/mol. The fourth-order valence-electron chi connectivity index (χ4n) is 2.88. The topological polar surface area (TPSA) is 52.6 Å². The normalized spacial score (nSPS) is 19.2. The fourth-order valence-corrected chi connectivity index (χ4v) is 2.88. The van der Waals surface area contributed by atoms with Crippen molar-refractivity contribution in [3.63, 3.8) is 0 Å². The van der Waals surface area contributed by atoms with Gasteiger partial charge in [-0.1, -0.05) is 18.2 Å². The van der Waals surface area contributed by atoms with Crippen molar-refractivity contribution in [3.8, 4) is 0 Å². The van der Waals surface area contributed by atoms with E-state index in [4.69, 9.17) is 5.11 Å². The number of carbonyl (C=O) groups excluding carboxylic acids is 1. The summed E-state index contributed by atoms with van der Waals surface area (Å²) in [6, 6.07) is 5.98. The van der Waals surface area contributed by atoms with E-state index < -0.39 is 0 Å². The van der Waals surface area contributed by atoms with Crippen LogP contribution in [0.15, 0.2) is 18.2 Å². The largest absolute Gasteiger partial charge is 0.396 e. The second kappa shape index (κ2) is 6.86. The Bertz CT molecular complexity index is 453. The maximum absolute atomic E-state index is 12.5. The van der Waals surface area contributed by atoms with E-state index >= 15 is 0 Å². The summed E-state index contributed by atoms with van der Waals surface area (Å²) in [5.41, 5.74) is 3.13. The summed E-state index contributed by atoms with van der Waals surface area (Å²) in [7, 11) is 0. The molecule has 1 heterocycles. The van der Waals surface area contributed by atoms with Gasteiger partial charge in [0.1, 0.15) is 0 Å². The number of rotatable bonds is 5. The van der Waals surface area contributed by atoms with E-state index in [1.807, 2.05) is 32.0 Å². The molecule has 1 aliphatic rings. The van der Waals surface area contributed by atoms with E-state index in [0.29, 0.717) is 0 Å². The number of likely N-dealkylation sites (tertiary alicyclic amines) is 1. The number of para-hydroxylation sites is 1. The van der Waals surface area contributed by atoms with Gasteiger partial charge in [0.15, 0.2) is 0 Å². The first-order chi connectivity index (χ1) is 9.63. The Balaban J connectivity index is 2.04. The molecule has 0 spiro atoms. The summed E-state index contributed by atoms with van der Waals surface area (Å²) in [6.07, 6.45) is 2.69. The molecule has 4 heteroatoms. The molecule has 0 aliphatic carbocycles. The van der Waals surface area contributed by atoms with E-state index in [0.717, 1.165) is 49.2 Å². The molecular weight excluding hydrogens is 252 g/mol. The Morgan fingerprint density at radius 3 is 2.75 bits per heavy atom. The summed E-state index contributed by atoms with van der Waals surface area (Å²) in [5, 5.41) is 12.0. The van der Waals surface area contributed by atoms with Gasteiger partial charge in [0.2, 0.25) is 5.91 Å². The molecule has 1 aromatic carbocycles.